The van der Waals surface area contributed by atoms with E-state index >= 15 is 0 Å². The maximum atomic E-state index is 11.4. The summed E-state index contributed by atoms with van der Waals surface area (Å²) in [6, 6.07) is 10.7. The van der Waals surface area contributed by atoms with Crippen LogP contribution in [0.4, 0.5) is 17.1 Å². The summed E-state index contributed by atoms with van der Waals surface area (Å²) in [5, 5.41) is 16.7. The van der Waals surface area contributed by atoms with Gasteiger partial charge in [0.05, 0.1) is 35.0 Å². The van der Waals surface area contributed by atoms with E-state index in [1.165, 1.54) is 25.3 Å². The second kappa shape index (κ2) is 7.38. The van der Waals surface area contributed by atoms with E-state index < -0.39 is 10.8 Å². The number of nitro groups is 1. The number of nitro benzene ring substituents is 1. The van der Waals surface area contributed by atoms with Crippen molar-refractivity contribution >= 4 is 40.3 Å². The lowest BCUT2D eigenvalue weighted by Crippen LogP contribution is -2.22. The van der Waals surface area contributed by atoms with Gasteiger partial charge in [-0.1, -0.05) is 12.1 Å². The third-order valence-corrected chi connectivity index (χ3v) is 3.29. The summed E-state index contributed by atoms with van der Waals surface area (Å²) in [6.45, 7) is 0. The summed E-state index contributed by atoms with van der Waals surface area (Å²) >= 11 is 5.19. The number of hydrogen-bond donors (Lipinski definition) is 3. The van der Waals surface area contributed by atoms with Crippen molar-refractivity contribution in [3.63, 3.8) is 0 Å². The standard InChI is InChI=1S/C15H14N4O4S/c1-23-13-8-9(19(21)22)6-7-12(13)18-15(24)17-11-5-3-2-4-10(11)14(16)20/h2-8H,1H3,(H2,16,20)(H2,17,18,24). The molecule has 0 aliphatic heterocycles. The highest BCUT2D eigenvalue weighted by atomic mass is 32.1. The van der Waals surface area contributed by atoms with E-state index in [9.17, 15) is 14.9 Å². The highest BCUT2D eigenvalue weighted by Crippen LogP contribution is 2.29. The van der Waals surface area contributed by atoms with Crippen LogP contribution in [0.5, 0.6) is 5.75 Å². The molecule has 0 fully saturated rings. The van der Waals surface area contributed by atoms with E-state index in [-0.39, 0.29) is 22.1 Å². The molecule has 0 saturated heterocycles. The van der Waals surface area contributed by atoms with Crippen LogP contribution in [0.15, 0.2) is 42.5 Å². The third kappa shape index (κ3) is 3.96. The number of benzene rings is 2. The van der Waals surface area contributed by atoms with Crippen LogP contribution in [0.1, 0.15) is 10.4 Å². The van der Waals surface area contributed by atoms with Crippen molar-refractivity contribution in [3.8, 4) is 5.75 Å². The molecular formula is C15H14N4O4S. The molecule has 0 unspecified atom stereocenters. The largest absolute Gasteiger partial charge is 0.494 e. The molecule has 0 aromatic heterocycles. The fourth-order valence-electron chi connectivity index (χ4n) is 1.98. The number of nitrogens with two attached hydrogens (primary N) is 1. The maximum Gasteiger partial charge on any atom is 0.273 e. The van der Waals surface area contributed by atoms with E-state index in [2.05, 4.69) is 10.6 Å². The monoisotopic (exact) mass is 346 g/mol. The number of carbonyl (C=O) groups excluding carboxylic acids is 1. The van der Waals surface area contributed by atoms with E-state index in [0.717, 1.165) is 0 Å². The molecule has 0 bridgehead atoms. The summed E-state index contributed by atoms with van der Waals surface area (Å²) in [6.07, 6.45) is 0. The van der Waals surface area contributed by atoms with Gasteiger partial charge in [0.15, 0.2) is 5.11 Å². The van der Waals surface area contributed by atoms with E-state index in [1.54, 1.807) is 24.3 Å². The molecule has 0 spiro atoms. The summed E-state index contributed by atoms with van der Waals surface area (Å²) in [7, 11) is 1.39. The van der Waals surface area contributed by atoms with Crippen molar-refractivity contribution in [3.05, 3.63) is 58.1 Å². The number of thiocarbonyl (C=S) groups is 1. The van der Waals surface area contributed by atoms with Crippen molar-refractivity contribution in [1.29, 1.82) is 0 Å². The molecule has 0 aliphatic rings. The predicted octanol–water partition coefficient (Wildman–Crippen LogP) is 2.51. The summed E-state index contributed by atoms with van der Waals surface area (Å²) in [4.78, 5) is 21.7. The quantitative estimate of drug-likeness (QED) is 0.432. The Morgan fingerprint density at radius 2 is 1.88 bits per heavy atom. The van der Waals surface area contributed by atoms with Crippen molar-refractivity contribution < 1.29 is 14.5 Å². The Morgan fingerprint density at radius 3 is 2.50 bits per heavy atom. The Hall–Kier alpha value is -3.20. The van der Waals surface area contributed by atoms with Crippen molar-refractivity contribution in [1.82, 2.24) is 0 Å². The predicted molar refractivity (Wildman–Crippen MR) is 94.5 cm³/mol. The number of methoxy groups -OCH3 is 1. The molecule has 0 heterocycles. The number of carbonyl (C=O) groups is 1. The van der Waals surface area contributed by atoms with Gasteiger partial charge in [-0.15, -0.1) is 0 Å². The molecule has 124 valence electrons. The van der Waals surface area contributed by atoms with Crippen molar-refractivity contribution in [2.45, 2.75) is 0 Å². The highest BCUT2D eigenvalue weighted by molar-refractivity contribution is 7.80. The second-order valence-electron chi connectivity index (χ2n) is 4.63. The number of anilines is 2. The van der Waals surface area contributed by atoms with Crippen LogP contribution in [-0.2, 0) is 0 Å². The lowest BCUT2D eigenvalue weighted by molar-refractivity contribution is -0.384. The van der Waals surface area contributed by atoms with Crippen molar-refractivity contribution in [2.75, 3.05) is 17.7 Å². The molecule has 1 amide bonds. The van der Waals surface area contributed by atoms with Crippen LogP contribution >= 0.6 is 12.2 Å². The Bertz CT molecular complexity index is 810. The number of hydrogen-bond acceptors (Lipinski definition) is 5. The van der Waals surface area contributed by atoms with Crippen LogP contribution in [0.2, 0.25) is 0 Å². The minimum absolute atomic E-state index is 0.102. The van der Waals surface area contributed by atoms with E-state index in [4.69, 9.17) is 22.7 Å². The van der Waals surface area contributed by atoms with Crippen LogP contribution < -0.4 is 21.1 Å². The van der Waals surface area contributed by atoms with Gasteiger partial charge in [0.1, 0.15) is 5.75 Å². The first kappa shape index (κ1) is 17.2. The van der Waals surface area contributed by atoms with Gasteiger partial charge in [-0.2, -0.15) is 0 Å². The number of primary amides is 1. The van der Waals surface area contributed by atoms with Crippen LogP contribution in [-0.4, -0.2) is 23.1 Å². The van der Waals surface area contributed by atoms with Gasteiger partial charge in [0.25, 0.3) is 11.6 Å². The summed E-state index contributed by atoms with van der Waals surface area (Å²) in [5.74, 6) is -0.328. The molecule has 0 aliphatic carbocycles. The molecule has 2 aromatic rings. The summed E-state index contributed by atoms with van der Waals surface area (Å²) in [5.41, 5.74) is 6.38. The zero-order valence-corrected chi connectivity index (χ0v) is 13.4. The van der Waals surface area contributed by atoms with Gasteiger partial charge in [-0.3, -0.25) is 14.9 Å². The van der Waals surface area contributed by atoms with Crippen LogP contribution in [0.25, 0.3) is 0 Å². The average molecular weight is 346 g/mol. The number of amides is 1. The molecule has 0 saturated carbocycles. The lowest BCUT2D eigenvalue weighted by Gasteiger charge is -2.14. The van der Waals surface area contributed by atoms with Crippen LogP contribution in [0, 0.1) is 10.1 Å². The Labute approximate surface area is 142 Å². The molecule has 0 radical (unpaired) electrons. The fourth-order valence-corrected chi connectivity index (χ4v) is 2.20. The minimum Gasteiger partial charge on any atom is -0.494 e. The molecule has 0 atom stereocenters. The first-order valence-electron chi connectivity index (χ1n) is 6.71. The molecule has 24 heavy (non-hydrogen) atoms. The normalized spacial score (nSPS) is 9.88. The number of ether oxygens (including phenoxy) is 1. The number of para-hydroxylation sites is 1. The van der Waals surface area contributed by atoms with Gasteiger partial charge < -0.3 is 21.1 Å². The minimum atomic E-state index is -0.589. The molecule has 2 aromatic carbocycles. The van der Waals surface area contributed by atoms with Gasteiger partial charge in [0.2, 0.25) is 0 Å². The zero-order chi connectivity index (χ0) is 17.7. The van der Waals surface area contributed by atoms with Crippen molar-refractivity contribution in [2.24, 2.45) is 5.73 Å². The molecule has 8 nitrogen and oxygen atoms in total. The number of nitrogens with one attached hydrogen (secondary N) is 2. The lowest BCUT2D eigenvalue weighted by atomic mass is 10.1. The fraction of sp³-hybridized carbons (Fsp3) is 0.0667. The Balaban J connectivity index is 2.19. The first-order chi connectivity index (χ1) is 11.4. The molecule has 2 rings (SSSR count). The zero-order valence-electron chi connectivity index (χ0n) is 12.6. The average Bonchev–Trinajstić information content (AvgIpc) is 2.55. The highest BCUT2D eigenvalue weighted by Gasteiger charge is 2.13. The van der Waals surface area contributed by atoms with Gasteiger partial charge in [0, 0.05) is 6.07 Å². The van der Waals surface area contributed by atoms with Crippen LogP contribution in [0.3, 0.4) is 0 Å². The number of non-ortho nitro benzene ring substituents is 1. The third-order valence-electron chi connectivity index (χ3n) is 3.08. The maximum absolute atomic E-state index is 11.4. The molecule has 4 N–H and O–H groups in total. The number of rotatable bonds is 5. The number of nitrogens with zero attached hydrogens (tertiary/aromatic N) is 1. The molecule has 9 heteroatoms. The van der Waals surface area contributed by atoms with Gasteiger partial charge in [-0.25, -0.2) is 0 Å². The van der Waals surface area contributed by atoms with Gasteiger partial charge in [-0.05, 0) is 30.4 Å². The SMILES string of the molecule is COc1cc([N+](=O)[O-])ccc1NC(=S)Nc1ccccc1C(N)=O. The van der Waals surface area contributed by atoms with Gasteiger partial charge >= 0.3 is 0 Å². The summed E-state index contributed by atoms with van der Waals surface area (Å²) < 4.78 is 5.12. The first-order valence-corrected chi connectivity index (χ1v) is 7.12. The molecular weight excluding hydrogens is 332 g/mol. The topological polar surface area (TPSA) is 120 Å². The van der Waals surface area contributed by atoms with E-state index in [0.29, 0.717) is 11.4 Å². The Kier molecular flexibility index (Phi) is 5.27. The second-order valence-corrected chi connectivity index (χ2v) is 5.04. The smallest absolute Gasteiger partial charge is 0.273 e. The Morgan fingerprint density at radius 1 is 1.21 bits per heavy atom. The van der Waals surface area contributed by atoms with E-state index in [1.807, 2.05) is 0 Å².